The van der Waals surface area contributed by atoms with Crippen LogP contribution in [0.5, 0.6) is 0 Å². The molecule has 2 N–H and O–H groups in total. The largest absolute Gasteiger partial charge is 0.370 e. The summed E-state index contributed by atoms with van der Waals surface area (Å²) in [5.74, 6) is 0.481. The average molecular weight is 294 g/mol. The molecule has 0 aromatic carbocycles. The van der Waals surface area contributed by atoms with Gasteiger partial charge in [0.2, 0.25) is 0 Å². The molecule has 20 heavy (non-hydrogen) atoms. The van der Waals surface area contributed by atoms with Crippen LogP contribution in [0, 0.1) is 0 Å². The quantitative estimate of drug-likeness (QED) is 0.829. The maximum absolute atomic E-state index is 12.4. The Labute approximate surface area is 122 Å². The molecule has 0 aliphatic heterocycles. The lowest BCUT2D eigenvalue weighted by Gasteiger charge is -2.17. The lowest BCUT2D eigenvalue weighted by molar-refractivity contribution is 0.0785. The van der Waals surface area contributed by atoms with E-state index in [1.165, 1.54) is 0 Å². The number of rotatable bonds is 5. The number of hydrogen-bond acceptors (Lipinski definition) is 4. The van der Waals surface area contributed by atoms with Gasteiger partial charge in [-0.15, -0.1) is 0 Å². The first-order valence-electron chi connectivity index (χ1n) is 6.24. The van der Waals surface area contributed by atoms with Gasteiger partial charge in [-0.3, -0.25) is 9.89 Å². The molecule has 0 atom stereocenters. The van der Waals surface area contributed by atoms with Gasteiger partial charge in [0, 0.05) is 37.5 Å². The Hall–Kier alpha value is -2.08. The van der Waals surface area contributed by atoms with E-state index >= 15 is 0 Å². The van der Waals surface area contributed by atoms with Crippen molar-refractivity contribution >= 4 is 23.3 Å². The molecule has 1 amide bonds. The van der Waals surface area contributed by atoms with Crippen LogP contribution in [-0.2, 0) is 6.54 Å². The van der Waals surface area contributed by atoms with Gasteiger partial charge in [0.15, 0.2) is 0 Å². The normalized spacial score (nSPS) is 10.3. The van der Waals surface area contributed by atoms with Crippen molar-refractivity contribution in [2.75, 3.05) is 18.9 Å². The highest BCUT2D eigenvalue weighted by molar-refractivity contribution is 6.29. The van der Waals surface area contributed by atoms with Gasteiger partial charge in [-0.1, -0.05) is 11.6 Å². The fourth-order valence-electron chi connectivity index (χ4n) is 1.82. The summed E-state index contributed by atoms with van der Waals surface area (Å²) in [6.07, 6.45) is 3.45. The minimum absolute atomic E-state index is 0.116. The first-order valence-corrected chi connectivity index (χ1v) is 6.62. The molecule has 7 heteroatoms. The van der Waals surface area contributed by atoms with Crippen molar-refractivity contribution < 1.29 is 4.79 Å². The van der Waals surface area contributed by atoms with Gasteiger partial charge in [-0.2, -0.15) is 5.10 Å². The van der Waals surface area contributed by atoms with E-state index in [9.17, 15) is 4.79 Å². The molecule has 6 nitrogen and oxygen atoms in total. The Kier molecular flexibility index (Phi) is 4.57. The van der Waals surface area contributed by atoms with Crippen molar-refractivity contribution in [1.82, 2.24) is 20.1 Å². The van der Waals surface area contributed by atoms with Crippen molar-refractivity contribution in [3.8, 4) is 0 Å². The van der Waals surface area contributed by atoms with Crippen molar-refractivity contribution in [2.45, 2.75) is 13.5 Å². The summed E-state index contributed by atoms with van der Waals surface area (Å²) in [5.41, 5.74) is 1.44. The van der Waals surface area contributed by atoms with Crippen molar-refractivity contribution in [1.29, 1.82) is 0 Å². The summed E-state index contributed by atoms with van der Waals surface area (Å²) in [5, 5.41) is 9.92. The number of pyridine rings is 1. The third kappa shape index (κ3) is 3.48. The zero-order valence-electron chi connectivity index (χ0n) is 11.4. The Morgan fingerprint density at radius 1 is 1.50 bits per heavy atom. The van der Waals surface area contributed by atoms with Crippen LogP contribution in [0.15, 0.2) is 24.5 Å². The number of aromatic amines is 1. The summed E-state index contributed by atoms with van der Waals surface area (Å²) in [7, 11) is 1.73. The molecule has 0 spiro atoms. The molecule has 0 unspecified atom stereocenters. The van der Waals surface area contributed by atoms with E-state index in [0.717, 1.165) is 5.56 Å². The molecule has 0 bridgehead atoms. The van der Waals surface area contributed by atoms with Crippen LogP contribution in [0.3, 0.4) is 0 Å². The summed E-state index contributed by atoms with van der Waals surface area (Å²) in [4.78, 5) is 18.1. The van der Waals surface area contributed by atoms with Gasteiger partial charge < -0.3 is 10.2 Å². The van der Waals surface area contributed by atoms with Crippen molar-refractivity contribution in [2.24, 2.45) is 0 Å². The molecule has 2 heterocycles. The highest BCUT2D eigenvalue weighted by Crippen LogP contribution is 2.16. The summed E-state index contributed by atoms with van der Waals surface area (Å²) < 4.78 is 0. The molecule has 106 valence electrons. The second-order valence-electron chi connectivity index (χ2n) is 4.36. The maximum Gasteiger partial charge on any atom is 0.254 e. The number of anilines is 1. The molecule has 0 fully saturated rings. The number of carbonyl (C=O) groups excluding carboxylic acids is 1. The highest BCUT2D eigenvalue weighted by atomic mass is 35.5. The first-order chi connectivity index (χ1) is 9.60. The van der Waals surface area contributed by atoms with Crippen LogP contribution < -0.4 is 5.32 Å². The minimum atomic E-state index is -0.116. The fraction of sp³-hybridized carbons (Fsp3) is 0.308. The van der Waals surface area contributed by atoms with Gasteiger partial charge in [-0.25, -0.2) is 4.98 Å². The van der Waals surface area contributed by atoms with Crippen LogP contribution in [-0.4, -0.2) is 39.6 Å². The van der Waals surface area contributed by atoms with Crippen LogP contribution >= 0.6 is 11.6 Å². The van der Waals surface area contributed by atoms with Gasteiger partial charge in [0.05, 0.1) is 6.20 Å². The molecular formula is C13H16ClN5O. The van der Waals surface area contributed by atoms with Crippen LogP contribution in [0.2, 0.25) is 5.15 Å². The number of nitrogens with one attached hydrogen (secondary N) is 2. The van der Waals surface area contributed by atoms with E-state index in [-0.39, 0.29) is 5.91 Å². The predicted octanol–water partition coefficient (Wildman–Crippen LogP) is 2.16. The molecular weight excluding hydrogens is 278 g/mol. The standard InChI is InChI=1S/C13H16ClN5O/c1-3-15-12-5-10(4-11(14)18-12)13(20)19(2)8-9-6-16-17-7-9/h4-7H,3,8H2,1-2H3,(H,15,18)(H,16,17). The van der Waals surface area contributed by atoms with E-state index in [1.54, 1.807) is 36.5 Å². The first kappa shape index (κ1) is 14.3. The molecule has 0 aliphatic rings. The number of hydrogen-bond donors (Lipinski definition) is 2. The summed E-state index contributed by atoms with van der Waals surface area (Å²) in [6.45, 7) is 3.15. The SMILES string of the molecule is CCNc1cc(C(=O)N(C)Cc2cn[nH]c2)cc(Cl)n1. The van der Waals surface area contributed by atoms with E-state index in [4.69, 9.17) is 11.6 Å². The Morgan fingerprint density at radius 2 is 2.30 bits per heavy atom. The van der Waals surface area contributed by atoms with Crippen LogP contribution in [0.4, 0.5) is 5.82 Å². The zero-order chi connectivity index (χ0) is 14.5. The van der Waals surface area contributed by atoms with E-state index in [0.29, 0.717) is 29.6 Å². The van der Waals surface area contributed by atoms with E-state index in [1.807, 2.05) is 6.92 Å². The average Bonchev–Trinajstić information content (AvgIpc) is 2.90. The molecule has 0 radical (unpaired) electrons. The van der Waals surface area contributed by atoms with Gasteiger partial charge in [-0.05, 0) is 19.1 Å². The number of halogens is 1. The second kappa shape index (κ2) is 6.38. The second-order valence-corrected chi connectivity index (χ2v) is 4.75. The summed E-state index contributed by atoms with van der Waals surface area (Å²) >= 11 is 5.94. The molecule has 2 rings (SSSR count). The van der Waals surface area contributed by atoms with Crippen molar-refractivity contribution in [3.63, 3.8) is 0 Å². The van der Waals surface area contributed by atoms with Gasteiger partial charge in [0.25, 0.3) is 5.91 Å². The third-order valence-electron chi connectivity index (χ3n) is 2.72. The smallest absolute Gasteiger partial charge is 0.254 e. The number of amides is 1. The van der Waals surface area contributed by atoms with Gasteiger partial charge in [0.1, 0.15) is 11.0 Å². The lowest BCUT2D eigenvalue weighted by atomic mass is 10.2. The maximum atomic E-state index is 12.4. The number of H-pyrrole nitrogens is 1. The molecule has 0 saturated heterocycles. The van der Waals surface area contributed by atoms with Crippen LogP contribution in [0.1, 0.15) is 22.8 Å². The van der Waals surface area contributed by atoms with E-state index in [2.05, 4.69) is 20.5 Å². The zero-order valence-corrected chi connectivity index (χ0v) is 12.1. The van der Waals surface area contributed by atoms with Crippen molar-refractivity contribution in [3.05, 3.63) is 40.8 Å². The van der Waals surface area contributed by atoms with Crippen LogP contribution in [0.25, 0.3) is 0 Å². The monoisotopic (exact) mass is 293 g/mol. The molecule has 0 aliphatic carbocycles. The molecule has 0 saturated carbocycles. The topological polar surface area (TPSA) is 73.9 Å². The Bertz CT molecular complexity index is 584. The molecule has 2 aromatic heterocycles. The minimum Gasteiger partial charge on any atom is -0.370 e. The predicted molar refractivity (Wildman–Crippen MR) is 77.8 cm³/mol. The number of aromatic nitrogens is 3. The summed E-state index contributed by atoms with van der Waals surface area (Å²) in [6, 6.07) is 3.26. The van der Waals surface area contributed by atoms with Gasteiger partial charge >= 0.3 is 0 Å². The number of nitrogens with zero attached hydrogens (tertiary/aromatic N) is 3. The molecule has 2 aromatic rings. The Balaban J connectivity index is 2.15. The van der Waals surface area contributed by atoms with E-state index < -0.39 is 0 Å². The fourth-order valence-corrected chi connectivity index (χ4v) is 2.03. The highest BCUT2D eigenvalue weighted by Gasteiger charge is 2.14. The number of carbonyl (C=O) groups is 1. The lowest BCUT2D eigenvalue weighted by Crippen LogP contribution is -2.26. The third-order valence-corrected chi connectivity index (χ3v) is 2.91. The Morgan fingerprint density at radius 3 is 2.95 bits per heavy atom.